The van der Waals surface area contributed by atoms with Gasteiger partial charge in [-0.1, -0.05) is 0 Å². The highest BCUT2D eigenvalue weighted by atomic mass is 19.4. The molecule has 12 heteroatoms. The van der Waals surface area contributed by atoms with Crippen LogP contribution in [0.5, 0.6) is 0 Å². The lowest BCUT2D eigenvalue weighted by atomic mass is 10.0. The van der Waals surface area contributed by atoms with E-state index in [1.54, 1.807) is 0 Å². The second-order valence-corrected chi connectivity index (χ2v) is 10.3. The molecule has 208 valence electrons. The van der Waals surface area contributed by atoms with Crippen LogP contribution in [-0.4, -0.2) is 96.3 Å². The van der Waals surface area contributed by atoms with Crippen LogP contribution in [0.15, 0.2) is 18.2 Å². The number of nitrogen functional groups attached to an aromatic ring is 1. The van der Waals surface area contributed by atoms with Crippen LogP contribution < -0.4 is 10.6 Å². The molecule has 9 nitrogen and oxygen atoms in total. The minimum absolute atomic E-state index is 0.118. The number of ether oxygens (including phenoxy) is 1. The van der Waals surface area contributed by atoms with Gasteiger partial charge >= 0.3 is 18.1 Å². The van der Waals surface area contributed by atoms with Gasteiger partial charge in [-0.15, -0.1) is 0 Å². The van der Waals surface area contributed by atoms with E-state index in [-0.39, 0.29) is 11.8 Å². The van der Waals surface area contributed by atoms with Crippen molar-refractivity contribution in [1.82, 2.24) is 9.80 Å². The van der Waals surface area contributed by atoms with Gasteiger partial charge in [-0.25, -0.2) is 4.79 Å². The number of carboxylic acid groups (broad SMARTS) is 1. The maximum Gasteiger partial charge on any atom is 0.490 e. The van der Waals surface area contributed by atoms with E-state index in [2.05, 4.69) is 27.7 Å². The van der Waals surface area contributed by atoms with Crippen molar-refractivity contribution in [2.24, 2.45) is 5.73 Å². The Morgan fingerprint density at radius 1 is 1.08 bits per heavy atom. The molecule has 2 saturated heterocycles. The molecule has 0 atom stereocenters. The smallest absolute Gasteiger partial charge is 0.475 e. The predicted octanol–water partition coefficient (Wildman–Crippen LogP) is 2.84. The number of esters is 1. The molecule has 0 aromatic heterocycles. The number of amidine groups is 1. The van der Waals surface area contributed by atoms with E-state index in [4.69, 9.17) is 25.8 Å². The van der Waals surface area contributed by atoms with Crippen LogP contribution in [0.3, 0.4) is 0 Å². The first-order valence-corrected chi connectivity index (χ1v) is 12.2. The molecule has 1 aromatic carbocycles. The van der Waals surface area contributed by atoms with Gasteiger partial charge in [0.2, 0.25) is 0 Å². The van der Waals surface area contributed by atoms with Gasteiger partial charge in [0.15, 0.2) is 0 Å². The fraction of sp³-hybridized carbons (Fsp3) is 0.640. The Morgan fingerprint density at radius 3 is 2.05 bits per heavy atom. The predicted molar refractivity (Wildman–Crippen MR) is 135 cm³/mol. The maximum absolute atomic E-state index is 12.1. The lowest BCUT2D eigenvalue weighted by Gasteiger charge is -2.43. The van der Waals surface area contributed by atoms with Crippen LogP contribution in [-0.2, 0) is 14.3 Å². The van der Waals surface area contributed by atoms with Crippen LogP contribution in [0.1, 0.15) is 44.7 Å². The van der Waals surface area contributed by atoms with Gasteiger partial charge in [-0.05, 0) is 64.3 Å². The molecule has 0 bridgehead atoms. The van der Waals surface area contributed by atoms with Crippen LogP contribution >= 0.6 is 0 Å². The summed E-state index contributed by atoms with van der Waals surface area (Å²) in [4.78, 5) is 28.2. The topological polar surface area (TPSA) is 123 Å². The van der Waals surface area contributed by atoms with Gasteiger partial charge in [0.25, 0.3) is 0 Å². The van der Waals surface area contributed by atoms with E-state index >= 15 is 0 Å². The summed E-state index contributed by atoms with van der Waals surface area (Å²) in [5, 5.41) is 14.7. The zero-order valence-corrected chi connectivity index (χ0v) is 21.9. The van der Waals surface area contributed by atoms with Crippen molar-refractivity contribution in [2.75, 3.05) is 50.7 Å². The van der Waals surface area contributed by atoms with Gasteiger partial charge < -0.3 is 20.5 Å². The molecule has 2 heterocycles. The quantitative estimate of drug-likeness (QED) is 0.302. The largest absolute Gasteiger partial charge is 0.490 e. The SMILES string of the molecule is Cc1cc(C(=N)N)ccc1N1CCN(C2CCN(CC(=O)OC(C)(C)C)CC2)CC1.O=C(O)C(F)(F)F. The van der Waals surface area contributed by atoms with Crippen LogP contribution in [0.4, 0.5) is 18.9 Å². The summed E-state index contributed by atoms with van der Waals surface area (Å²) in [7, 11) is 0. The molecule has 0 aliphatic carbocycles. The number of piperazine rings is 1. The molecule has 0 amide bonds. The highest BCUT2D eigenvalue weighted by Gasteiger charge is 2.38. The molecular weight excluding hydrogens is 491 g/mol. The summed E-state index contributed by atoms with van der Waals surface area (Å²) < 4.78 is 37.2. The number of nitrogens with zero attached hydrogens (tertiary/aromatic N) is 3. The fourth-order valence-electron chi connectivity index (χ4n) is 4.50. The lowest BCUT2D eigenvalue weighted by molar-refractivity contribution is -0.192. The van der Waals surface area contributed by atoms with E-state index in [0.717, 1.165) is 57.7 Å². The number of carbonyl (C=O) groups is 2. The standard InChI is InChI=1S/C23H37N5O2.C2HF3O2/c1-17-15-18(22(24)25)5-6-20(17)28-13-11-27(12-14-28)19-7-9-26(10-8-19)16-21(29)30-23(2,3)4;3-2(4,5)1(6)7/h5-6,15,19H,7-14,16H2,1-4H3,(H3,24,25);(H,6,7). The summed E-state index contributed by atoms with van der Waals surface area (Å²) in [6.07, 6.45) is -2.87. The number of piperidine rings is 1. The second kappa shape index (κ2) is 12.6. The number of aryl methyl sites for hydroxylation is 1. The summed E-state index contributed by atoms with van der Waals surface area (Å²) in [6.45, 7) is 14.3. The van der Waals surface area contributed by atoms with Gasteiger partial charge in [0.05, 0.1) is 6.54 Å². The van der Waals surface area contributed by atoms with Crippen molar-refractivity contribution in [3.8, 4) is 0 Å². The third-order valence-corrected chi connectivity index (χ3v) is 6.25. The van der Waals surface area contributed by atoms with Crippen molar-refractivity contribution < 1.29 is 32.6 Å². The van der Waals surface area contributed by atoms with Crippen molar-refractivity contribution in [2.45, 2.75) is 58.4 Å². The molecule has 2 aliphatic heterocycles. The van der Waals surface area contributed by atoms with Crippen molar-refractivity contribution in [1.29, 1.82) is 5.41 Å². The molecule has 0 saturated carbocycles. The minimum Gasteiger partial charge on any atom is -0.475 e. The maximum atomic E-state index is 12.1. The third-order valence-electron chi connectivity index (χ3n) is 6.25. The number of carbonyl (C=O) groups excluding carboxylic acids is 1. The number of halogens is 3. The Labute approximate surface area is 215 Å². The lowest BCUT2D eigenvalue weighted by Crippen LogP contribution is -2.53. The van der Waals surface area contributed by atoms with Crippen LogP contribution in [0.25, 0.3) is 0 Å². The molecule has 0 unspecified atom stereocenters. The minimum atomic E-state index is -5.08. The Balaban J connectivity index is 0.000000604. The summed E-state index contributed by atoms with van der Waals surface area (Å²) in [6, 6.07) is 6.64. The average Bonchev–Trinajstić information content (AvgIpc) is 2.78. The molecule has 3 rings (SSSR count). The third kappa shape index (κ3) is 9.84. The first-order valence-electron chi connectivity index (χ1n) is 12.2. The summed E-state index contributed by atoms with van der Waals surface area (Å²) in [5.41, 5.74) is 8.39. The number of anilines is 1. The Kier molecular flexibility index (Phi) is 10.3. The molecule has 0 radical (unpaired) electrons. The highest BCUT2D eigenvalue weighted by Crippen LogP contribution is 2.25. The number of likely N-dealkylation sites (tertiary alicyclic amines) is 1. The first-order chi connectivity index (χ1) is 17.1. The summed E-state index contributed by atoms with van der Waals surface area (Å²) >= 11 is 0. The number of rotatable bonds is 5. The number of nitrogens with two attached hydrogens (primary N) is 1. The Bertz CT molecular complexity index is 949. The molecule has 4 N–H and O–H groups in total. The van der Waals surface area contributed by atoms with E-state index < -0.39 is 17.7 Å². The molecule has 37 heavy (non-hydrogen) atoms. The second-order valence-electron chi connectivity index (χ2n) is 10.3. The number of hydrogen-bond donors (Lipinski definition) is 3. The number of nitrogens with one attached hydrogen (secondary N) is 1. The van der Waals surface area contributed by atoms with Gasteiger partial charge in [-0.3, -0.25) is 20.0 Å². The van der Waals surface area contributed by atoms with E-state index in [9.17, 15) is 18.0 Å². The van der Waals surface area contributed by atoms with Crippen molar-refractivity contribution in [3.63, 3.8) is 0 Å². The molecule has 2 aliphatic rings. The molecule has 2 fully saturated rings. The Morgan fingerprint density at radius 2 is 1.62 bits per heavy atom. The monoisotopic (exact) mass is 529 g/mol. The fourth-order valence-corrected chi connectivity index (χ4v) is 4.50. The Hall–Kier alpha value is -2.86. The molecule has 0 spiro atoms. The first kappa shape index (κ1) is 30.4. The molecule has 1 aromatic rings. The van der Waals surface area contributed by atoms with Gasteiger partial charge in [0, 0.05) is 56.6 Å². The number of benzene rings is 1. The average molecular weight is 530 g/mol. The van der Waals surface area contributed by atoms with Gasteiger partial charge in [-0.2, -0.15) is 13.2 Å². The number of carboxylic acids is 1. The van der Waals surface area contributed by atoms with E-state index in [0.29, 0.717) is 12.6 Å². The van der Waals surface area contributed by atoms with E-state index in [1.807, 2.05) is 32.9 Å². The van der Waals surface area contributed by atoms with Gasteiger partial charge in [0.1, 0.15) is 11.4 Å². The van der Waals surface area contributed by atoms with E-state index in [1.165, 1.54) is 11.3 Å². The van der Waals surface area contributed by atoms with Crippen LogP contribution in [0, 0.1) is 12.3 Å². The normalized spacial score (nSPS) is 18.1. The van der Waals surface area contributed by atoms with Crippen molar-refractivity contribution in [3.05, 3.63) is 29.3 Å². The summed E-state index contributed by atoms with van der Waals surface area (Å²) in [5.74, 6) is -2.76. The zero-order chi connectivity index (χ0) is 28.0. The number of alkyl halides is 3. The van der Waals surface area contributed by atoms with Crippen molar-refractivity contribution >= 4 is 23.5 Å². The zero-order valence-electron chi connectivity index (χ0n) is 21.9. The highest BCUT2D eigenvalue weighted by molar-refractivity contribution is 5.95. The number of hydrogen-bond acceptors (Lipinski definition) is 7. The van der Waals surface area contributed by atoms with Crippen LogP contribution in [0.2, 0.25) is 0 Å². The number of aliphatic carboxylic acids is 1. The molecular formula is C25H38F3N5O4.